The average Bonchev–Trinajstić information content (AvgIpc) is 2.36. The fourth-order valence-electron chi connectivity index (χ4n) is 2.22. The largest absolute Gasteiger partial charge is 0.0695 e. The van der Waals surface area contributed by atoms with Gasteiger partial charge in [-0.2, -0.15) is 0 Å². The molecule has 1 saturated carbocycles. The van der Waals surface area contributed by atoms with E-state index in [-0.39, 0.29) is 0 Å². The average molecular weight is 184 g/mol. The molecule has 1 aliphatic rings. The lowest BCUT2D eigenvalue weighted by Crippen LogP contribution is -2.18. The van der Waals surface area contributed by atoms with E-state index in [0.29, 0.717) is 0 Å². The summed E-state index contributed by atoms with van der Waals surface area (Å²) in [5.41, 5.74) is 0. The third-order valence-corrected chi connectivity index (χ3v) is 4.87. The molecule has 0 radical (unpaired) electrons. The van der Waals surface area contributed by atoms with Crippen LogP contribution in [0.2, 0.25) is 25.7 Å². The van der Waals surface area contributed by atoms with Crippen LogP contribution < -0.4 is 0 Å². The zero-order valence-electron chi connectivity index (χ0n) is 9.03. The van der Waals surface area contributed by atoms with E-state index < -0.39 is 8.07 Å². The molecule has 1 heteroatoms. The molecule has 0 unspecified atom stereocenters. The summed E-state index contributed by atoms with van der Waals surface area (Å²) in [6.45, 7) is 7.46. The van der Waals surface area contributed by atoms with Gasteiger partial charge in [0.15, 0.2) is 0 Å². The maximum Gasteiger partial charge on any atom is 0.0442 e. The molecule has 0 aromatic rings. The van der Waals surface area contributed by atoms with Gasteiger partial charge in [-0.3, -0.25) is 0 Å². The summed E-state index contributed by atoms with van der Waals surface area (Å²) < 4.78 is 0. The summed E-state index contributed by atoms with van der Waals surface area (Å²) in [6.07, 6.45) is 9.14. The van der Waals surface area contributed by atoms with Crippen molar-refractivity contribution in [1.29, 1.82) is 0 Å². The fourth-order valence-corrected chi connectivity index (χ4v) is 3.48. The lowest BCUT2D eigenvalue weighted by Gasteiger charge is -2.16. The second-order valence-corrected chi connectivity index (χ2v) is 11.2. The van der Waals surface area contributed by atoms with E-state index in [1.165, 1.54) is 38.5 Å². The van der Waals surface area contributed by atoms with Crippen molar-refractivity contribution < 1.29 is 0 Å². The van der Waals surface area contributed by atoms with Crippen LogP contribution in [0.5, 0.6) is 0 Å². The van der Waals surface area contributed by atoms with Crippen LogP contribution in [-0.2, 0) is 0 Å². The molecule has 1 aliphatic carbocycles. The Hall–Kier alpha value is 0.217. The molecule has 1 rings (SSSR count). The van der Waals surface area contributed by atoms with Gasteiger partial charge in [-0.25, -0.2) is 0 Å². The van der Waals surface area contributed by atoms with Crippen LogP contribution in [-0.4, -0.2) is 8.07 Å². The van der Waals surface area contributed by atoms with Crippen LogP contribution in [0.15, 0.2) is 0 Å². The van der Waals surface area contributed by atoms with Gasteiger partial charge in [0.2, 0.25) is 0 Å². The lowest BCUT2D eigenvalue weighted by molar-refractivity contribution is 0.495. The Kier molecular flexibility index (Phi) is 3.82. The van der Waals surface area contributed by atoms with Crippen LogP contribution >= 0.6 is 0 Å². The number of hydrogen-bond acceptors (Lipinski definition) is 0. The summed E-state index contributed by atoms with van der Waals surface area (Å²) in [4.78, 5) is 0. The van der Waals surface area contributed by atoms with E-state index in [2.05, 4.69) is 19.6 Å². The second kappa shape index (κ2) is 4.45. The van der Waals surface area contributed by atoms with Crippen molar-refractivity contribution in [3.63, 3.8) is 0 Å². The highest BCUT2D eigenvalue weighted by molar-refractivity contribution is 6.76. The van der Waals surface area contributed by atoms with Crippen molar-refractivity contribution in [2.45, 2.75) is 64.2 Å². The molecule has 0 amide bonds. The Balaban J connectivity index is 2.02. The molecule has 0 saturated heterocycles. The first-order valence-corrected chi connectivity index (χ1v) is 9.29. The summed E-state index contributed by atoms with van der Waals surface area (Å²) in [6, 6.07) is 1.55. The number of hydrogen-bond donors (Lipinski definition) is 0. The van der Waals surface area contributed by atoms with Crippen molar-refractivity contribution in [3.05, 3.63) is 0 Å². The minimum Gasteiger partial charge on any atom is -0.0695 e. The molecule has 72 valence electrons. The van der Waals surface area contributed by atoms with Crippen LogP contribution in [0.4, 0.5) is 0 Å². The minimum atomic E-state index is -0.729. The SMILES string of the molecule is C[Si](C)(C)CCCC1CCCC1. The normalized spacial score (nSPS) is 20.2. The quantitative estimate of drug-likeness (QED) is 0.572. The summed E-state index contributed by atoms with van der Waals surface area (Å²) in [7, 11) is -0.729. The van der Waals surface area contributed by atoms with Gasteiger partial charge in [0.05, 0.1) is 0 Å². The molecule has 0 aromatic heterocycles. The summed E-state index contributed by atoms with van der Waals surface area (Å²) in [5.74, 6) is 1.11. The monoisotopic (exact) mass is 184 g/mol. The Labute approximate surface area is 78.8 Å². The molecule has 0 heterocycles. The zero-order chi connectivity index (χ0) is 9.03. The molecule has 1 fully saturated rings. The van der Waals surface area contributed by atoms with E-state index in [1.807, 2.05) is 0 Å². The summed E-state index contributed by atoms with van der Waals surface area (Å²) in [5, 5.41) is 0. The zero-order valence-corrected chi connectivity index (χ0v) is 10.0. The third-order valence-electron chi connectivity index (χ3n) is 3.01. The van der Waals surface area contributed by atoms with Crippen molar-refractivity contribution in [2.75, 3.05) is 0 Å². The van der Waals surface area contributed by atoms with Crippen molar-refractivity contribution in [1.82, 2.24) is 0 Å². The predicted molar refractivity (Wildman–Crippen MR) is 59.3 cm³/mol. The van der Waals surface area contributed by atoms with E-state index in [9.17, 15) is 0 Å². The highest BCUT2D eigenvalue weighted by Crippen LogP contribution is 2.29. The standard InChI is InChI=1S/C11H24Si/c1-12(2,3)10-6-9-11-7-4-5-8-11/h11H,4-10H2,1-3H3. The van der Waals surface area contributed by atoms with Crippen LogP contribution in [0.25, 0.3) is 0 Å². The lowest BCUT2D eigenvalue weighted by atomic mass is 10.0. The highest BCUT2D eigenvalue weighted by atomic mass is 28.3. The molecule has 0 spiro atoms. The first kappa shape index (κ1) is 10.3. The number of rotatable bonds is 4. The van der Waals surface area contributed by atoms with Gasteiger partial charge in [0.1, 0.15) is 0 Å². The van der Waals surface area contributed by atoms with Gasteiger partial charge < -0.3 is 0 Å². The maximum atomic E-state index is 2.49. The van der Waals surface area contributed by atoms with Crippen molar-refractivity contribution in [3.8, 4) is 0 Å². The smallest absolute Gasteiger partial charge is 0.0442 e. The molecule has 0 atom stereocenters. The predicted octanol–water partition coefficient (Wildman–Crippen LogP) is 4.30. The molecule has 0 nitrogen and oxygen atoms in total. The highest BCUT2D eigenvalue weighted by Gasteiger charge is 2.17. The fraction of sp³-hybridized carbons (Fsp3) is 1.00. The first-order chi connectivity index (χ1) is 5.58. The Morgan fingerprint density at radius 2 is 1.67 bits per heavy atom. The molecule has 0 bridgehead atoms. The van der Waals surface area contributed by atoms with Crippen LogP contribution in [0.1, 0.15) is 38.5 Å². The topological polar surface area (TPSA) is 0 Å². The van der Waals surface area contributed by atoms with Gasteiger partial charge in [-0.15, -0.1) is 0 Å². The van der Waals surface area contributed by atoms with E-state index >= 15 is 0 Å². The third kappa shape index (κ3) is 4.29. The Morgan fingerprint density at radius 1 is 1.08 bits per heavy atom. The second-order valence-electron chi connectivity index (χ2n) is 5.60. The van der Waals surface area contributed by atoms with Crippen molar-refractivity contribution in [2.24, 2.45) is 5.92 Å². The molecule has 0 aliphatic heterocycles. The van der Waals surface area contributed by atoms with Crippen LogP contribution in [0, 0.1) is 5.92 Å². The minimum absolute atomic E-state index is 0.729. The van der Waals surface area contributed by atoms with Gasteiger partial charge >= 0.3 is 0 Å². The Morgan fingerprint density at radius 3 is 2.17 bits per heavy atom. The van der Waals surface area contributed by atoms with Gasteiger partial charge in [-0.05, 0) is 5.92 Å². The maximum absolute atomic E-state index is 2.49. The molecule has 12 heavy (non-hydrogen) atoms. The van der Waals surface area contributed by atoms with Gasteiger partial charge in [0, 0.05) is 8.07 Å². The van der Waals surface area contributed by atoms with Crippen LogP contribution in [0.3, 0.4) is 0 Å². The molecular formula is C11H24Si. The molecule has 0 aromatic carbocycles. The molecule has 0 N–H and O–H groups in total. The van der Waals surface area contributed by atoms with E-state index in [4.69, 9.17) is 0 Å². The van der Waals surface area contributed by atoms with Gasteiger partial charge in [0.25, 0.3) is 0 Å². The first-order valence-electron chi connectivity index (χ1n) is 5.58. The summed E-state index contributed by atoms with van der Waals surface area (Å²) >= 11 is 0. The molecular weight excluding hydrogens is 160 g/mol. The van der Waals surface area contributed by atoms with E-state index in [1.54, 1.807) is 6.04 Å². The van der Waals surface area contributed by atoms with E-state index in [0.717, 1.165) is 5.92 Å². The van der Waals surface area contributed by atoms with Gasteiger partial charge in [-0.1, -0.05) is 64.2 Å². The van der Waals surface area contributed by atoms with Crippen molar-refractivity contribution >= 4 is 8.07 Å². The Bertz CT molecular complexity index is 117.